The Morgan fingerprint density at radius 1 is 1.03 bits per heavy atom. The lowest BCUT2D eigenvalue weighted by Crippen LogP contribution is -2.52. The van der Waals surface area contributed by atoms with Crippen molar-refractivity contribution in [1.29, 1.82) is 0 Å². The van der Waals surface area contributed by atoms with E-state index in [1.54, 1.807) is 6.92 Å². The van der Waals surface area contributed by atoms with E-state index in [0.29, 0.717) is 25.4 Å². The Kier molecular flexibility index (Phi) is 9.19. The van der Waals surface area contributed by atoms with Crippen LogP contribution in [0.3, 0.4) is 0 Å². The number of amides is 3. The van der Waals surface area contributed by atoms with E-state index in [1.807, 2.05) is 38.1 Å². The summed E-state index contributed by atoms with van der Waals surface area (Å²) in [6.45, 7) is 8.62. The molecule has 3 rings (SSSR count). The third-order valence-corrected chi connectivity index (χ3v) is 5.88. The molecular formula is C26H33FN4O4. The molecule has 0 radical (unpaired) electrons. The summed E-state index contributed by atoms with van der Waals surface area (Å²) < 4.78 is 18.5. The van der Waals surface area contributed by atoms with Gasteiger partial charge in [0.1, 0.15) is 11.9 Å². The number of likely N-dealkylation sites (N-methyl/N-ethyl adjacent to an activating group) is 1. The van der Waals surface area contributed by atoms with Crippen molar-refractivity contribution in [2.45, 2.75) is 26.8 Å². The predicted octanol–water partition coefficient (Wildman–Crippen LogP) is 2.90. The number of morpholine rings is 1. The minimum absolute atomic E-state index is 0.143. The molecule has 9 heteroatoms. The van der Waals surface area contributed by atoms with Gasteiger partial charge in [-0.2, -0.15) is 0 Å². The van der Waals surface area contributed by atoms with Crippen LogP contribution in [0.4, 0.5) is 15.8 Å². The molecule has 2 aromatic rings. The molecule has 1 saturated heterocycles. The van der Waals surface area contributed by atoms with Crippen molar-refractivity contribution in [3.05, 3.63) is 59.9 Å². The van der Waals surface area contributed by atoms with Crippen LogP contribution in [0.2, 0.25) is 0 Å². The fraction of sp³-hybridized carbons (Fsp3) is 0.423. The molecule has 0 aromatic heterocycles. The number of carbonyl (C=O) groups excluding carboxylic acids is 3. The lowest BCUT2D eigenvalue weighted by atomic mass is 10.0. The molecule has 1 heterocycles. The van der Waals surface area contributed by atoms with Gasteiger partial charge >= 0.3 is 0 Å². The zero-order valence-electron chi connectivity index (χ0n) is 20.4. The Morgan fingerprint density at radius 2 is 1.66 bits per heavy atom. The number of anilines is 2. The maximum Gasteiger partial charge on any atom is 0.251 e. The smallest absolute Gasteiger partial charge is 0.251 e. The molecule has 1 aliphatic heterocycles. The summed E-state index contributed by atoms with van der Waals surface area (Å²) in [7, 11) is 0. The summed E-state index contributed by atoms with van der Waals surface area (Å²) in [6.07, 6.45) is 0. The molecule has 35 heavy (non-hydrogen) atoms. The van der Waals surface area contributed by atoms with Gasteiger partial charge in [-0.15, -0.1) is 0 Å². The Bertz CT molecular complexity index is 1010. The molecule has 0 saturated carbocycles. The number of nitrogens with zero attached hydrogens (tertiary/aromatic N) is 2. The summed E-state index contributed by atoms with van der Waals surface area (Å²) in [5.74, 6) is -1.81. The second kappa shape index (κ2) is 12.3. The first-order chi connectivity index (χ1) is 16.8. The minimum Gasteiger partial charge on any atom is -0.378 e. The van der Waals surface area contributed by atoms with Crippen molar-refractivity contribution >= 4 is 29.1 Å². The zero-order valence-corrected chi connectivity index (χ0v) is 20.4. The fourth-order valence-electron chi connectivity index (χ4n) is 3.83. The Labute approximate surface area is 205 Å². The van der Waals surface area contributed by atoms with E-state index >= 15 is 0 Å². The van der Waals surface area contributed by atoms with Crippen LogP contribution in [0.25, 0.3) is 0 Å². The molecule has 8 nitrogen and oxygen atoms in total. The molecule has 0 spiro atoms. The van der Waals surface area contributed by atoms with Gasteiger partial charge in [-0.05, 0) is 61.4 Å². The van der Waals surface area contributed by atoms with E-state index in [-0.39, 0.29) is 29.8 Å². The number of nitrogens with one attached hydrogen (secondary N) is 2. The molecule has 1 fully saturated rings. The predicted molar refractivity (Wildman–Crippen MR) is 133 cm³/mol. The zero-order chi connectivity index (χ0) is 25.4. The van der Waals surface area contributed by atoms with Gasteiger partial charge in [-0.25, -0.2) is 4.39 Å². The van der Waals surface area contributed by atoms with E-state index in [9.17, 15) is 18.8 Å². The van der Waals surface area contributed by atoms with Crippen molar-refractivity contribution in [2.75, 3.05) is 49.6 Å². The largest absolute Gasteiger partial charge is 0.378 e. The average Bonchev–Trinajstić information content (AvgIpc) is 2.86. The van der Waals surface area contributed by atoms with Crippen molar-refractivity contribution < 1.29 is 23.5 Å². The van der Waals surface area contributed by atoms with Gasteiger partial charge in [0.05, 0.1) is 19.8 Å². The monoisotopic (exact) mass is 484 g/mol. The highest BCUT2D eigenvalue weighted by Gasteiger charge is 2.29. The van der Waals surface area contributed by atoms with E-state index < -0.39 is 17.8 Å². The number of hydrogen-bond acceptors (Lipinski definition) is 5. The molecule has 2 aromatic carbocycles. The average molecular weight is 485 g/mol. The molecule has 188 valence electrons. The second-order valence-corrected chi connectivity index (χ2v) is 8.75. The first-order valence-corrected chi connectivity index (χ1v) is 11.9. The molecule has 1 atom stereocenters. The first kappa shape index (κ1) is 26.2. The summed E-state index contributed by atoms with van der Waals surface area (Å²) in [5.41, 5.74) is 1.96. The number of carbonyl (C=O) groups is 3. The number of halogens is 1. The first-order valence-electron chi connectivity index (χ1n) is 11.9. The maximum atomic E-state index is 13.2. The van der Waals surface area contributed by atoms with Crippen LogP contribution in [-0.4, -0.2) is 68.1 Å². The number of rotatable bonds is 9. The summed E-state index contributed by atoms with van der Waals surface area (Å²) in [6, 6.07) is 11.8. The van der Waals surface area contributed by atoms with Crippen LogP contribution >= 0.6 is 0 Å². The molecule has 2 N–H and O–H groups in total. The third-order valence-electron chi connectivity index (χ3n) is 5.88. The van der Waals surface area contributed by atoms with Crippen molar-refractivity contribution in [1.82, 2.24) is 10.2 Å². The van der Waals surface area contributed by atoms with Crippen molar-refractivity contribution in [2.24, 2.45) is 5.92 Å². The Morgan fingerprint density at radius 3 is 2.23 bits per heavy atom. The van der Waals surface area contributed by atoms with Crippen LogP contribution in [0.1, 0.15) is 31.1 Å². The quantitative estimate of drug-likeness (QED) is 0.571. The highest BCUT2D eigenvalue weighted by atomic mass is 19.1. The summed E-state index contributed by atoms with van der Waals surface area (Å²) in [4.78, 5) is 42.1. The lowest BCUT2D eigenvalue weighted by molar-refractivity contribution is -0.137. The standard InChI is InChI=1S/C26H33FN4O4/c1-4-30(26(34)24(18(2)3)29-25(33)19-5-7-20(27)8-6-19)17-23(32)28-21-9-11-22(12-10-21)31-13-15-35-16-14-31/h5-12,18,24H,4,13-17H2,1-3H3,(H,28,32)(H,29,33)/t24-/m0/s1. The van der Waals surface area contributed by atoms with Gasteiger partial charge in [-0.3, -0.25) is 14.4 Å². The molecule has 3 amide bonds. The molecule has 0 aliphatic carbocycles. The summed E-state index contributed by atoms with van der Waals surface area (Å²) >= 11 is 0. The van der Waals surface area contributed by atoms with Gasteiger partial charge in [0, 0.05) is 36.6 Å². The Hall–Kier alpha value is -3.46. The lowest BCUT2D eigenvalue weighted by Gasteiger charge is -2.29. The molecule has 0 unspecified atom stereocenters. The van der Waals surface area contributed by atoms with Gasteiger partial charge < -0.3 is 25.2 Å². The van der Waals surface area contributed by atoms with Crippen LogP contribution in [-0.2, 0) is 14.3 Å². The molecule has 1 aliphatic rings. The molecule has 0 bridgehead atoms. The summed E-state index contributed by atoms with van der Waals surface area (Å²) in [5, 5.41) is 5.56. The van der Waals surface area contributed by atoms with E-state index in [0.717, 1.165) is 18.8 Å². The topological polar surface area (TPSA) is 91.0 Å². The maximum absolute atomic E-state index is 13.2. The SMILES string of the molecule is CCN(CC(=O)Nc1ccc(N2CCOCC2)cc1)C(=O)[C@@H](NC(=O)c1ccc(F)cc1)C(C)C. The molecular weight excluding hydrogens is 451 g/mol. The Balaban J connectivity index is 1.59. The number of ether oxygens (including phenoxy) is 1. The number of benzene rings is 2. The second-order valence-electron chi connectivity index (χ2n) is 8.75. The van der Waals surface area contributed by atoms with E-state index in [1.165, 1.54) is 29.2 Å². The number of hydrogen-bond donors (Lipinski definition) is 2. The van der Waals surface area contributed by atoms with Crippen molar-refractivity contribution in [3.63, 3.8) is 0 Å². The van der Waals surface area contributed by atoms with Gasteiger partial charge in [-0.1, -0.05) is 13.8 Å². The van der Waals surface area contributed by atoms with Gasteiger partial charge in [0.2, 0.25) is 11.8 Å². The van der Waals surface area contributed by atoms with Gasteiger partial charge in [0.15, 0.2) is 0 Å². The minimum atomic E-state index is -0.826. The van der Waals surface area contributed by atoms with E-state index in [4.69, 9.17) is 4.74 Å². The van der Waals surface area contributed by atoms with Crippen molar-refractivity contribution in [3.8, 4) is 0 Å². The highest BCUT2D eigenvalue weighted by Crippen LogP contribution is 2.19. The van der Waals surface area contributed by atoms with Gasteiger partial charge in [0.25, 0.3) is 5.91 Å². The fourth-order valence-corrected chi connectivity index (χ4v) is 3.83. The van der Waals surface area contributed by atoms with Crippen LogP contribution in [0.5, 0.6) is 0 Å². The van der Waals surface area contributed by atoms with Crippen LogP contribution < -0.4 is 15.5 Å². The van der Waals surface area contributed by atoms with Crippen LogP contribution in [0.15, 0.2) is 48.5 Å². The third kappa shape index (κ3) is 7.26. The highest BCUT2D eigenvalue weighted by molar-refractivity contribution is 5.99. The van der Waals surface area contributed by atoms with E-state index in [2.05, 4.69) is 15.5 Å². The normalized spacial score (nSPS) is 14.4. The van der Waals surface area contributed by atoms with Crippen LogP contribution in [0, 0.1) is 11.7 Å².